The molecular weight excluding hydrogens is 383 g/mol. The fourth-order valence-electron chi connectivity index (χ4n) is 3.71. The molecule has 0 saturated carbocycles. The van der Waals surface area contributed by atoms with Crippen LogP contribution in [0, 0.1) is 5.92 Å². The molecule has 1 saturated heterocycles. The Kier molecular flexibility index (Phi) is 5.32. The number of hydrogen-bond donors (Lipinski definition) is 2. The van der Waals surface area contributed by atoms with E-state index in [9.17, 15) is 24.6 Å². The topological polar surface area (TPSA) is 141 Å². The van der Waals surface area contributed by atoms with Crippen molar-refractivity contribution in [3.8, 4) is 0 Å². The number of hydrogen-bond acceptors (Lipinski definition) is 8. The first-order chi connectivity index (χ1) is 12.3. The number of Topliss-reactive ketones (excluding diaryl/α,β-unsaturated/α-hetero) is 1. The van der Waals surface area contributed by atoms with Crippen molar-refractivity contribution in [3.63, 3.8) is 0 Å². The maximum atomic E-state index is 12.3. The normalized spacial score (nSPS) is 22.5. The molecule has 27 heavy (non-hydrogen) atoms. The minimum atomic E-state index is -1.44. The number of rotatable bonds is 5. The summed E-state index contributed by atoms with van der Waals surface area (Å²) in [5.41, 5.74) is 5.92. The van der Waals surface area contributed by atoms with Crippen molar-refractivity contribution >= 4 is 39.4 Å². The number of nitrogens with zero attached hydrogens (tertiary/aromatic N) is 3. The Hall–Kier alpha value is -1.56. The minimum absolute atomic E-state index is 0. The van der Waals surface area contributed by atoms with E-state index >= 15 is 0 Å². The number of carboxylic acid groups (broad SMARTS) is 1. The Balaban J connectivity index is 0.00000210. The van der Waals surface area contributed by atoms with Crippen molar-refractivity contribution in [2.75, 3.05) is 6.54 Å². The minimum Gasteiger partial charge on any atom is -0.543 e. The summed E-state index contributed by atoms with van der Waals surface area (Å²) in [6.45, 7) is 1.34. The Morgan fingerprint density at radius 2 is 2.22 bits per heavy atom. The predicted octanol–water partition coefficient (Wildman–Crippen LogP) is -4.39. The zero-order valence-electron chi connectivity index (χ0n) is 14.7. The largest absolute Gasteiger partial charge is 1.00 e. The quantitative estimate of drug-likeness (QED) is 0.294. The van der Waals surface area contributed by atoms with Crippen LogP contribution >= 0.6 is 11.3 Å². The van der Waals surface area contributed by atoms with Gasteiger partial charge < -0.3 is 25.6 Å². The van der Waals surface area contributed by atoms with Crippen LogP contribution in [0.3, 0.4) is 0 Å². The molecule has 0 aromatic carbocycles. The zero-order chi connectivity index (χ0) is 18.7. The van der Waals surface area contributed by atoms with Crippen LogP contribution in [0.4, 0.5) is 0 Å². The summed E-state index contributed by atoms with van der Waals surface area (Å²) in [6.07, 6.45) is 2.59. The Morgan fingerprint density at radius 3 is 2.81 bits per heavy atom. The van der Waals surface area contributed by atoms with Gasteiger partial charge >= 0.3 is 29.6 Å². The second-order valence-corrected chi connectivity index (χ2v) is 7.42. The molecule has 2 aliphatic heterocycles. The number of aliphatic carboxylic acids is 1. The van der Waals surface area contributed by atoms with Gasteiger partial charge in [-0.15, -0.1) is 11.3 Å². The molecule has 3 N–H and O–H groups in total. The molecule has 0 aliphatic carbocycles. The molecule has 4 heterocycles. The van der Waals surface area contributed by atoms with Crippen molar-refractivity contribution in [1.29, 1.82) is 0 Å². The third-order valence-corrected chi connectivity index (χ3v) is 6.05. The van der Waals surface area contributed by atoms with Gasteiger partial charge in [-0.3, -0.25) is 14.0 Å². The number of carbonyl (C=O) groups excluding carboxylic acids is 3. The van der Waals surface area contributed by atoms with E-state index in [2.05, 4.69) is 4.98 Å². The van der Waals surface area contributed by atoms with Crippen molar-refractivity contribution in [2.24, 2.45) is 11.7 Å². The molecule has 0 spiro atoms. The fourth-order valence-corrected chi connectivity index (χ4v) is 4.85. The zero-order valence-corrected chi connectivity index (χ0v) is 17.5. The number of aliphatic hydroxyl groups excluding tert-OH is 1. The summed E-state index contributed by atoms with van der Waals surface area (Å²) < 4.78 is 1.63. The second kappa shape index (κ2) is 7.12. The summed E-state index contributed by atoms with van der Waals surface area (Å²) in [5, 5.41) is 21.5. The average molecular weight is 398 g/mol. The van der Waals surface area contributed by atoms with E-state index in [1.165, 1.54) is 29.5 Å². The van der Waals surface area contributed by atoms with Crippen LogP contribution in [0.2, 0.25) is 0 Å². The van der Waals surface area contributed by atoms with E-state index in [4.69, 9.17) is 5.73 Å². The number of fused-ring (bicyclic) bond motifs is 2. The monoisotopic (exact) mass is 398 g/mol. The van der Waals surface area contributed by atoms with Crippen molar-refractivity contribution in [1.82, 2.24) is 14.3 Å². The van der Waals surface area contributed by atoms with Crippen LogP contribution in [0.25, 0.3) is 10.4 Å². The van der Waals surface area contributed by atoms with Crippen LogP contribution in [-0.2, 0) is 9.59 Å². The molecule has 3 atom stereocenters. The molecule has 4 rings (SSSR count). The molecular formula is C16H15N4NaO5S. The van der Waals surface area contributed by atoms with Crippen LogP contribution < -0.4 is 40.4 Å². The maximum Gasteiger partial charge on any atom is 1.00 e. The first-order valence-corrected chi connectivity index (χ1v) is 8.82. The average Bonchev–Trinajstić information content (AvgIpc) is 3.23. The molecule has 1 fully saturated rings. The molecule has 9 nitrogen and oxygen atoms in total. The van der Waals surface area contributed by atoms with Gasteiger partial charge in [0.2, 0.25) is 5.91 Å². The van der Waals surface area contributed by atoms with E-state index in [1.54, 1.807) is 10.6 Å². The van der Waals surface area contributed by atoms with Gasteiger partial charge in [0.15, 0.2) is 5.78 Å². The number of aromatic nitrogens is 2. The molecule has 11 heteroatoms. The number of thiazole rings is 1. The van der Waals surface area contributed by atoms with Crippen molar-refractivity contribution in [2.45, 2.75) is 25.5 Å². The van der Waals surface area contributed by atoms with Gasteiger partial charge in [-0.05, 0) is 18.9 Å². The van der Waals surface area contributed by atoms with E-state index in [1.807, 2.05) is 0 Å². The van der Waals surface area contributed by atoms with E-state index in [-0.39, 0.29) is 53.3 Å². The Labute approximate surface area is 179 Å². The van der Waals surface area contributed by atoms with Gasteiger partial charge in [-0.1, -0.05) is 0 Å². The van der Waals surface area contributed by atoms with Gasteiger partial charge in [0.1, 0.15) is 16.9 Å². The van der Waals surface area contributed by atoms with E-state index in [0.717, 1.165) is 0 Å². The number of nitrogens with two attached hydrogens (primary N) is 1. The molecule has 0 bridgehead atoms. The van der Waals surface area contributed by atoms with Gasteiger partial charge in [0.25, 0.3) is 0 Å². The third-order valence-electron chi connectivity index (χ3n) is 4.88. The summed E-state index contributed by atoms with van der Waals surface area (Å²) in [4.78, 5) is 42.2. The first-order valence-electron chi connectivity index (χ1n) is 8.01. The van der Waals surface area contributed by atoms with Crippen LogP contribution in [0.1, 0.15) is 28.7 Å². The van der Waals surface area contributed by atoms with Gasteiger partial charge in [-0.25, -0.2) is 4.98 Å². The van der Waals surface area contributed by atoms with Crippen molar-refractivity contribution < 1.29 is 54.2 Å². The molecule has 2 aromatic rings. The smallest absolute Gasteiger partial charge is 0.543 e. The second-order valence-electron chi connectivity index (χ2n) is 6.39. The van der Waals surface area contributed by atoms with Gasteiger partial charge in [-0.2, -0.15) is 0 Å². The first kappa shape index (κ1) is 20.2. The molecule has 2 aromatic heterocycles. The van der Waals surface area contributed by atoms with Crippen LogP contribution in [0.15, 0.2) is 18.2 Å². The number of ketones is 1. The number of imidazole rings is 1. The molecule has 136 valence electrons. The molecule has 1 amide bonds. The standard InChI is InChI=1S/C16H16N4O5S.Na/c1-6(21)11-8-2-7(13(16(24)25)20(8)14(11)23)10-4-19-5-18-12(9(22)3-17)15(19)26-10;/h4-6,8,11,21H,2-3,17H2,1H3,(H,24,25);/q;+1/p-1/t6-,8-,11-;/m1./s1. The third kappa shape index (κ3) is 2.87. The molecule has 2 aliphatic rings. The summed E-state index contributed by atoms with van der Waals surface area (Å²) in [6, 6.07) is -0.393. The summed E-state index contributed by atoms with van der Waals surface area (Å²) in [7, 11) is 0. The van der Waals surface area contributed by atoms with E-state index < -0.39 is 29.9 Å². The van der Waals surface area contributed by atoms with E-state index in [0.29, 0.717) is 21.7 Å². The number of carboxylic acids is 1. The predicted molar refractivity (Wildman–Crippen MR) is 88.8 cm³/mol. The Bertz CT molecular complexity index is 994. The summed E-state index contributed by atoms with van der Waals surface area (Å²) in [5.74, 6) is -2.78. The van der Waals surface area contributed by atoms with Crippen LogP contribution in [-0.4, -0.2) is 55.7 Å². The number of aliphatic hydroxyl groups is 1. The Morgan fingerprint density at radius 1 is 1.52 bits per heavy atom. The van der Waals surface area contributed by atoms with Gasteiger partial charge in [0, 0.05) is 6.20 Å². The SMILES string of the molecule is C[C@@H](O)[C@H]1C(=O)N2C(C(=O)[O-])=C(c3cn4cnc(C(=O)CN)c4s3)C[C@H]12.[Na+]. The fraction of sp³-hybridized carbons (Fsp3) is 0.375. The number of amides is 1. The van der Waals surface area contributed by atoms with Crippen molar-refractivity contribution in [3.05, 3.63) is 28.8 Å². The molecule has 0 radical (unpaired) electrons. The molecule has 0 unspecified atom stereocenters. The van der Waals surface area contributed by atoms with Gasteiger partial charge in [0.05, 0.1) is 41.2 Å². The number of carbonyl (C=O) groups is 3. The maximum absolute atomic E-state index is 12.3. The number of β-lactam (4-membered cyclic amide) rings is 1. The van der Waals surface area contributed by atoms with Crippen LogP contribution in [0.5, 0.6) is 0 Å². The summed E-state index contributed by atoms with van der Waals surface area (Å²) >= 11 is 1.21.